The van der Waals surface area contributed by atoms with E-state index in [0.29, 0.717) is 19.0 Å². The second-order valence-electron chi connectivity index (χ2n) is 6.78. The number of hydrogen-bond donors (Lipinski definition) is 1. The first kappa shape index (κ1) is 16.0. The molecule has 1 aromatic carbocycles. The van der Waals surface area contributed by atoms with Crippen LogP contribution in [0.5, 0.6) is 11.5 Å². The van der Waals surface area contributed by atoms with Crippen LogP contribution in [0.4, 0.5) is 20.4 Å². The standard InChI is InChI=1S/C17H15F2N5O3/c18-17(19)26-13-2-1-10(4-14(13)27-17)23-7-12-3-11(23)8-24(12)16-21-5-9(6-22-16)15(20)25/h1-2,4-6,11-12H,3,7-8H2,(H2,20,25). The predicted octanol–water partition coefficient (Wildman–Crippen LogP) is 1.36. The highest BCUT2D eigenvalue weighted by Gasteiger charge is 2.46. The summed E-state index contributed by atoms with van der Waals surface area (Å²) in [6.07, 6.45) is 0.139. The third-order valence-corrected chi connectivity index (χ3v) is 5.14. The van der Waals surface area contributed by atoms with Crippen molar-refractivity contribution in [1.82, 2.24) is 9.97 Å². The third-order valence-electron chi connectivity index (χ3n) is 5.14. The number of fused-ring (bicyclic) bond motifs is 3. The minimum absolute atomic E-state index is 0.0395. The number of carbonyl (C=O) groups excluding carboxylic acids is 1. The van der Waals surface area contributed by atoms with Crippen LogP contribution in [0.1, 0.15) is 16.8 Å². The monoisotopic (exact) mass is 375 g/mol. The molecule has 1 amide bonds. The van der Waals surface area contributed by atoms with Crippen molar-refractivity contribution >= 4 is 17.5 Å². The fourth-order valence-electron chi connectivity index (χ4n) is 3.94. The number of primary amides is 1. The van der Waals surface area contributed by atoms with Gasteiger partial charge in [-0.1, -0.05) is 0 Å². The van der Waals surface area contributed by atoms with Crippen molar-refractivity contribution in [2.75, 3.05) is 22.9 Å². The molecule has 140 valence electrons. The SMILES string of the molecule is NC(=O)c1cnc(N2CC3CC2CN3c2ccc3c(c2)OC(F)(F)O3)nc1. The van der Waals surface area contributed by atoms with Crippen molar-refractivity contribution < 1.29 is 23.0 Å². The summed E-state index contributed by atoms with van der Waals surface area (Å²) in [6, 6.07) is 5.24. The number of halogens is 2. The third kappa shape index (κ3) is 2.59. The van der Waals surface area contributed by atoms with Crippen LogP contribution < -0.4 is 25.0 Å². The number of alkyl halides is 2. The van der Waals surface area contributed by atoms with Crippen LogP contribution >= 0.6 is 0 Å². The molecule has 2 unspecified atom stereocenters. The van der Waals surface area contributed by atoms with Gasteiger partial charge in [-0.3, -0.25) is 4.79 Å². The Bertz CT molecular complexity index is 923. The van der Waals surface area contributed by atoms with E-state index >= 15 is 0 Å². The highest BCUT2D eigenvalue weighted by atomic mass is 19.3. The molecule has 0 spiro atoms. The van der Waals surface area contributed by atoms with Gasteiger partial charge in [0.15, 0.2) is 11.5 Å². The number of amides is 1. The molecule has 3 aliphatic rings. The number of aromatic nitrogens is 2. The van der Waals surface area contributed by atoms with Crippen LogP contribution in [0.2, 0.25) is 0 Å². The lowest BCUT2D eigenvalue weighted by atomic mass is 10.2. The Labute approximate surface area is 152 Å². The van der Waals surface area contributed by atoms with Gasteiger partial charge in [0.2, 0.25) is 5.95 Å². The van der Waals surface area contributed by atoms with Crippen LogP contribution in [0.25, 0.3) is 0 Å². The zero-order valence-electron chi connectivity index (χ0n) is 14.0. The van der Waals surface area contributed by atoms with E-state index in [-0.39, 0.29) is 29.1 Å². The topological polar surface area (TPSA) is 93.8 Å². The molecule has 2 saturated heterocycles. The van der Waals surface area contributed by atoms with E-state index in [9.17, 15) is 13.6 Å². The molecule has 1 aromatic heterocycles. The molecule has 27 heavy (non-hydrogen) atoms. The Kier molecular flexibility index (Phi) is 3.22. The Balaban J connectivity index is 1.33. The van der Waals surface area contributed by atoms with Crippen molar-refractivity contribution in [3.05, 3.63) is 36.2 Å². The number of nitrogens with two attached hydrogens (primary N) is 1. The molecule has 2 atom stereocenters. The fourth-order valence-corrected chi connectivity index (χ4v) is 3.94. The minimum Gasteiger partial charge on any atom is -0.395 e. The van der Waals surface area contributed by atoms with E-state index in [2.05, 4.69) is 29.2 Å². The molecule has 2 aromatic rings. The largest absolute Gasteiger partial charge is 0.586 e. The average molecular weight is 375 g/mol. The summed E-state index contributed by atoms with van der Waals surface area (Å²) >= 11 is 0. The Hall–Kier alpha value is -3.17. The van der Waals surface area contributed by atoms with Gasteiger partial charge in [0.1, 0.15) is 0 Å². The highest BCUT2D eigenvalue weighted by Crippen LogP contribution is 2.44. The van der Waals surface area contributed by atoms with Crippen LogP contribution in [0.3, 0.4) is 0 Å². The summed E-state index contributed by atoms with van der Waals surface area (Å²) in [4.78, 5) is 23.9. The maximum absolute atomic E-state index is 13.2. The molecular formula is C17H15F2N5O3. The summed E-state index contributed by atoms with van der Waals surface area (Å²) in [7, 11) is 0. The van der Waals surface area contributed by atoms with E-state index in [4.69, 9.17) is 5.73 Å². The molecule has 2 fully saturated rings. The molecule has 4 heterocycles. The van der Waals surface area contributed by atoms with Gasteiger partial charge < -0.3 is 25.0 Å². The number of rotatable bonds is 3. The molecule has 5 rings (SSSR count). The van der Waals surface area contributed by atoms with Crippen molar-refractivity contribution in [3.63, 3.8) is 0 Å². The first-order chi connectivity index (χ1) is 12.9. The van der Waals surface area contributed by atoms with Crippen LogP contribution in [0.15, 0.2) is 30.6 Å². The summed E-state index contributed by atoms with van der Waals surface area (Å²) in [6.45, 7) is 1.41. The Morgan fingerprint density at radius 3 is 2.44 bits per heavy atom. The zero-order chi connectivity index (χ0) is 18.8. The van der Waals surface area contributed by atoms with Crippen molar-refractivity contribution in [2.45, 2.75) is 24.8 Å². The number of hydrogen-bond acceptors (Lipinski definition) is 7. The lowest BCUT2D eigenvalue weighted by Crippen LogP contribution is -2.47. The second kappa shape index (κ2) is 5.41. The molecule has 2 bridgehead atoms. The quantitative estimate of drug-likeness (QED) is 0.866. The summed E-state index contributed by atoms with van der Waals surface area (Å²) in [5.74, 6) is 0.0710. The molecule has 0 radical (unpaired) electrons. The Morgan fingerprint density at radius 2 is 1.78 bits per heavy atom. The first-order valence-electron chi connectivity index (χ1n) is 8.45. The number of ether oxygens (including phenoxy) is 2. The number of nitrogens with zero attached hydrogens (tertiary/aromatic N) is 4. The van der Waals surface area contributed by atoms with Gasteiger partial charge in [-0.2, -0.15) is 0 Å². The molecule has 10 heteroatoms. The summed E-state index contributed by atoms with van der Waals surface area (Å²) < 4.78 is 35.4. The molecule has 3 aliphatic heterocycles. The molecule has 0 saturated carbocycles. The molecule has 2 N–H and O–H groups in total. The van der Waals surface area contributed by atoms with Gasteiger partial charge in [0.25, 0.3) is 5.91 Å². The van der Waals surface area contributed by atoms with Gasteiger partial charge in [-0.05, 0) is 18.6 Å². The van der Waals surface area contributed by atoms with Crippen LogP contribution in [-0.4, -0.2) is 47.3 Å². The predicted molar refractivity (Wildman–Crippen MR) is 90.1 cm³/mol. The minimum atomic E-state index is -3.61. The number of piperazine rings is 1. The summed E-state index contributed by atoms with van der Waals surface area (Å²) in [5, 5.41) is 0. The Morgan fingerprint density at radius 1 is 1.11 bits per heavy atom. The lowest BCUT2D eigenvalue weighted by Gasteiger charge is -2.35. The average Bonchev–Trinajstić information content (AvgIpc) is 3.31. The molecule has 8 nitrogen and oxygen atoms in total. The normalized spacial score (nSPS) is 24.5. The zero-order valence-corrected chi connectivity index (χ0v) is 14.0. The summed E-state index contributed by atoms with van der Waals surface area (Å²) in [5.41, 5.74) is 6.29. The van der Waals surface area contributed by atoms with Crippen molar-refractivity contribution in [2.24, 2.45) is 5.73 Å². The first-order valence-corrected chi connectivity index (χ1v) is 8.45. The maximum Gasteiger partial charge on any atom is 0.586 e. The van der Waals surface area contributed by atoms with E-state index < -0.39 is 12.2 Å². The van der Waals surface area contributed by atoms with Crippen molar-refractivity contribution in [3.8, 4) is 11.5 Å². The van der Waals surface area contributed by atoms with Gasteiger partial charge in [-0.15, -0.1) is 8.78 Å². The number of anilines is 2. The van der Waals surface area contributed by atoms with E-state index in [1.165, 1.54) is 18.5 Å². The van der Waals surface area contributed by atoms with Crippen LogP contribution in [-0.2, 0) is 0 Å². The van der Waals surface area contributed by atoms with Gasteiger partial charge >= 0.3 is 6.29 Å². The number of benzene rings is 1. The van der Waals surface area contributed by atoms with Crippen LogP contribution in [0, 0.1) is 0 Å². The molecule has 0 aliphatic carbocycles. The number of carbonyl (C=O) groups is 1. The lowest BCUT2D eigenvalue weighted by molar-refractivity contribution is -0.286. The van der Waals surface area contributed by atoms with E-state index in [1.807, 2.05) is 0 Å². The van der Waals surface area contributed by atoms with Gasteiger partial charge in [0.05, 0.1) is 11.6 Å². The maximum atomic E-state index is 13.2. The van der Waals surface area contributed by atoms with E-state index in [1.54, 1.807) is 12.1 Å². The fraction of sp³-hybridized carbons (Fsp3) is 0.353. The van der Waals surface area contributed by atoms with Crippen molar-refractivity contribution in [1.29, 1.82) is 0 Å². The smallest absolute Gasteiger partial charge is 0.395 e. The van der Waals surface area contributed by atoms with Gasteiger partial charge in [-0.25, -0.2) is 9.97 Å². The second-order valence-corrected chi connectivity index (χ2v) is 6.78. The van der Waals surface area contributed by atoms with E-state index in [0.717, 1.165) is 12.1 Å². The molecular weight excluding hydrogens is 360 g/mol. The highest BCUT2D eigenvalue weighted by molar-refractivity contribution is 5.92. The van der Waals surface area contributed by atoms with Gasteiger partial charge in [0, 0.05) is 43.3 Å².